The summed E-state index contributed by atoms with van der Waals surface area (Å²) >= 11 is 0. The molecule has 1 aromatic rings. The number of benzene rings is 1. The molecule has 0 atom stereocenters. The zero-order valence-electron chi connectivity index (χ0n) is 13.6. The second kappa shape index (κ2) is 6.15. The third kappa shape index (κ3) is 4.05. The average molecular weight is 329 g/mol. The summed E-state index contributed by atoms with van der Waals surface area (Å²) in [5, 5.41) is 9.47. The van der Waals surface area contributed by atoms with Gasteiger partial charge in [0, 0.05) is 13.1 Å². The zero-order chi connectivity index (χ0) is 17.4. The number of hydrogen-bond acceptors (Lipinski definition) is 2. The molecule has 0 saturated carbocycles. The summed E-state index contributed by atoms with van der Waals surface area (Å²) in [6.45, 7) is 6.04. The molecule has 0 aromatic heterocycles. The maximum absolute atomic E-state index is 13.4. The minimum atomic E-state index is -4.58. The van der Waals surface area contributed by atoms with E-state index in [0.29, 0.717) is 18.4 Å². The van der Waals surface area contributed by atoms with Crippen molar-refractivity contribution in [2.45, 2.75) is 51.3 Å². The second-order valence-corrected chi connectivity index (χ2v) is 7.03. The van der Waals surface area contributed by atoms with Gasteiger partial charge in [-0.2, -0.15) is 13.2 Å². The van der Waals surface area contributed by atoms with Crippen LogP contribution in [0.3, 0.4) is 0 Å². The van der Waals surface area contributed by atoms with E-state index in [4.69, 9.17) is 0 Å². The Bertz CT molecular complexity index is 582. The molecule has 0 unspecified atom stereocenters. The van der Waals surface area contributed by atoms with E-state index in [9.17, 15) is 23.1 Å². The van der Waals surface area contributed by atoms with Crippen LogP contribution in [-0.2, 0) is 11.6 Å². The van der Waals surface area contributed by atoms with Gasteiger partial charge in [-0.3, -0.25) is 4.79 Å². The Morgan fingerprint density at radius 3 is 2.22 bits per heavy atom. The molecule has 23 heavy (non-hydrogen) atoms. The minimum Gasteiger partial charge on any atom is -0.393 e. The molecule has 1 N–H and O–H groups in total. The third-order valence-corrected chi connectivity index (χ3v) is 4.17. The molecule has 1 saturated heterocycles. The Morgan fingerprint density at radius 1 is 1.17 bits per heavy atom. The summed E-state index contributed by atoms with van der Waals surface area (Å²) in [4.78, 5) is 13.9. The number of carbonyl (C=O) groups excluding carboxylic acids is 1. The van der Waals surface area contributed by atoms with Crippen LogP contribution in [0.25, 0.3) is 0 Å². The third-order valence-electron chi connectivity index (χ3n) is 4.17. The highest BCUT2D eigenvalue weighted by atomic mass is 19.4. The van der Waals surface area contributed by atoms with Crippen LogP contribution in [0.15, 0.2) is 18.2 Å². The number of piperidine rings is 1. The van der Waals surface area contributed by atoms with Crippen LogP contribution >= 0.6 is 0 Å². The maximum atomic E-state index is 13.4. The highest BCUT2D eigenvalue weighted by molar-refractivity contribution is 5.96. The fourth-order valence-electron chi connectivity index (χ4n) is 2.67. The molecule has 3 nitrogen and oxygen atoms in total. The molecule has 0 spiro atoms. The lowest BCUT2D eigenvalue weighted by molar-refractivity contribution is -0.138. The molecule has 0 bridgehead atoms. The molecule has 1 aliphatic heterocycles. The van der Waals surface area contributed by atoms with Gasteiger partial charge < -0.3 is 10.0 Å². The van der Waals surface area contributed by atoms with Gasteiger partial charge in [0.05, 0.1) is 17.2 Å². The number of aliphatic hydroxyl groups is 1. The number of amides is 1. The quantitative estimate of drug-likeness (QED) is 0.855. The molecule has 0 radical (unpaired) electrons. The van der Waals surface area contributed by atoms with Crippen LogP contribution in [0.1, 0.15) is 55.1 Å². The van der Waals surface area contributed by atoms with E-state index in [1.54, 1.807) is 6.07 Å². The number of carbonyl (C=O) groups is 1. The first-order valence-electron chi connectivity index (χ1n) is 7.69. The molecule has 1 amide bonds. The van der Waals surface area contributed by atoms with Crippen molar-refractivity contribution in [1.29, 1.82) is 0 Å². The van der Waals surface area contributed by atoms with Gasteiger partial charge in [0.25, 0.3) is 5.91 Å². The van der Waals surface area contributed by atoms with Crippen molar-refractivity contribution in [3.05, 3.63) is 34.9 Å². The molecule has 2 rings (SSSR count). The minimum absolute atomic E-state index is 0.276. The molecule has 6 heteroatoms. The standard InChI is InChI=1S/C17H22F3NO2/c1-16(2,3)11-4-5-13(14(10-11)17(18,19)20)15(23)21-8-6-12(22)7-9-21/h4-5,10,12,22H,6-9H2,1-3H3. The van der Waals surface area contributed by atoms with E-state index in [1.165, 1.54) is 11.0 Å². The molecule has 128 valence electrons. The summed E-state index contributed by atoms with van der Waals surface area (Å²) in [5.74, 6) is -0.621. The fourth-order valence-corrected chi connectivity index (χ4v) is 2.67. The summed E-state index contributed by atoms with van der Waals surface area (Å²) in [6.07, 6.45) is -4.27. The molecular formula is C17H22F3NO2. The number of nitrogens with zero attached hydrogens (tertiary/aromatic N) is 1. The van der Waals surface area contributed by atoms with Gasteiger partial charge >= 0.3 is 6.18 Å². The molecule has 1 fully saturated rings. The molecule has 1 aromatic carbocycles. The Hall–Kier alpha value is -1.56. The number of likely N-dealkylation sites (tertiary alicyclic amines) is 1. The zero-order valence-corrected chi connectivity index (χ0v) is 13.6. The van der Waals surface area contributed by atoms with Crippen molar-refractivity contribution in [2.24, 2.45) is 0 Å². The normalized spacial score (nSPS) is 17.4. The Morgan fingerprint density at radius 2 is 1.74 bits per heavy atom. The molecule has 0 aliphatic carbocycles. The number of alkyl halides is 3. The van der Waals surface area contributed by atoms with E-state index < -0.39 is 29.2 Å². The first-order chi connectivity index (χ1) is 10.5. The number of aliphatic hydroxyl groups excluding tert-OH is 1. The summed E-state index contributed by atoms with van der Waals surface area (Å²) in [7, 11) is 0. The van der Waals surface area contributed by atoms with Gasteiger partial charge in [-0.15, -0.1) is 0 Å². The van der Waals surface area contributed by atoms with Crippen LogP contribution < -0.4 is 0 Å². The Balaban J connectivity index is 2.39. The Labute approximate surface area is 134 Å². The molecule has 1 heterocycles. The van der Waals surface area contributed by atoms with Crippen molar-refractivity contribution >= 4 is 5.91 Å². The van der Waals surface area contributed by atoms with Crippen LogP contribution in [0.2, 0.25) is 0 Å². The summed E-state index contributed by atoms with van der Waals surface area (Å²) in [6, 6.07) is 3.93. The van der Waals surface area contributed by atoms with Crippen molar-refractivity contribution in [2.75, 3.05) is 13.1 Å². The van der Waals surface area contributed by atoms with Gasteiger partial charge in [0.2, 0.25) is 0 Å². The van der Waals surface area contributed by atoms with Crippen molar-refractivity contribution < 1.29 is 23.1 Å². The SMILES string of the molecule is CC(C)(C)c1ccc(C(=O)N2CCC(O)CC2)c(C(F)(F)F)c1. The monoisotopic (exact) mass is 329 g/mol. The van der Waals surface area contributed by atoms with E-state index in [2.05, 4.69) is 0 Å². The lowest BCUT2D eigenvalue weighted by atomic mass is 9.85. The summed E-state index contributed by atoms with van der Waals surface area (Å²) in [5.41, 5.74) is -1.10. The van der Waals surface area contributed by atoms with Gasteiger partial charge in [-0.1, -0.05) is 26.8 Å². The molecular weight excluding hydrogens is 307 g/mol. The smallest absolute Gasteiger partial charge is 0.393 e. The maximum Gasteiger partial charge on any atom is 0.417 e. The van der Waals surface area contributed by atoms with Gasteiger partial charge in [-0.05, 0) is 36.0 Å². The van der Waals surface area contributed by atoms with E-state index in [-0.39, 0.29) is 18.7 Å². The molecule has 1 aliphatic rings. The second-order valence-electron chi connectivity index (χ2n) is 7.03. The van der Waals surface area contributed by atoms with Crippen LogP contribution in [-0.4, -0.2) is 35.1 Å². The summed E-state index contributed by atoms with van der Waals surface area (Å²) < 4.78 is 40.2. The Kier molecular flexibility index (Phi) is 4.76. The number of rotatable bonds is 1. The van der Waals surface area contributed by atoms with E-state index in [0.717, 1.165) is 6.07 Å². The highest BCUT2D eigenvalue weighted by Gasteiger charge is 2.37. The number of halogens is 3. The lowest BCUT2D eigenvalue weighted by Crippen LogP contribution is -2.40. The first-order valence-corrected chi connectivity index (χ1v) is 7.69. The van der Waals surface area contributed by atoms with Crippen molar-refractivity contribution in [3.63, 3.8) is 0 Å². The van der Waals surface area contributed by atoms with Crippen molar-refractivity contribution in [1.82, 2.24) is 4.90 Å². The average Bonchev–Trinajstić information content (AvgIpc) is 2.45. The van der Waals surface area contributed by atoms with Gasteiger partial charge in [-0.25, -0.2) is 0 Å². The van der Waals surface area contributed by atoms with Crippen LogP contribution in [0, 0.1) is 0 Å². The van der Waals surface area contributed by atoms with Gasteiger partial charge in [0.1, 0.15) is 0 Å². The predicted molar refractivity (Wildman–Crippen MR) is 81.3 cm³/mol. The van der Waals surface area contributed by atoms with Gasteiger partial charge in [0.15, 0.2) is 0 Å². The van der Waals surface area contributed by atoms with E-state index in [1.807, 2.05) is 20.8 Å². The highest BCUT2D eigenvalue weighted by Crippen LogP contribution is 2.36. The largest absolute Gasteiger partial charge is 0.417 e. The fraction of sp³-hybridized carbons (Fsp3) is 0.588. The van der Waals surface area contributed by atoms with Crippen LogP contribution in [0.5, 0.6) is 0 Å². The lowest BCUT2D eigenvalue weighted by Gasteiger charge is -2.31. The van der Waals surface area contributed by atoms with E-state index >= 15 is 0 Å². The predicted octanol–water partition coefficient (Wildman–Crippen LogP) is 3.60. The first kappa shape index (κ1) is 17.8. The van der Waals surface area contributed by atoms with Crippen molar-refractivity contribution in [3.8, 4) is 0 Å². The number of hydrogen-bond donors (Lipinski definition) is 1. The van der Waals surface area contributed by atoms with Crippen LogP contribution in [0.4, 0.5) is 13.2 Å². The topological polar surface area (TPSA) is 40.5 Å².